The first-order valence-corrected chi connectivity index (χ1v) is 12.6. The third kappa shape index (κ3) is 4.65. The van der Waals surface area contributed by atoms with Crippen LogP contribution in [-0.4, -0.2) is 74.1 Å². The topological polar surface area (TPSA) is 103 Å². The molecule has 2 fully saturated rings. The molecule has 0 atom stereocenters. The molecule has 2 aromatic heterocycles. The third-order valence-corrected chi connectivity index (χ3v) is 7.45. The molecule has 1 aromatic carbocycles. The Morgan fingerprint density at radius 1 is 1.03 bits per heavy atom. The largest absolute Gasteiger partial charge is 0.497 e. The molecule has 4 heterocycles. The normalized spacial score (nSPS) is 17.4. The molecule has 0 unspecified atom stereocenters. The van der Waals surface area contributed by atoms with Crippen molar-refractivity contribution in [1.82, 2.24) is 28.9 Å². The van der Waals surface area contributed by atoms with Gasteiger partial charge in [-0.2, -0.15) is 0 Å². The highest BCUT2D eigenvalue weighted by atomic mass is 16.5. The number of fused-ring (bicyclic) bond motifs is 1. The van der Waals surface area contributed by atoms with E-state index in [-0.39, 0.29) is 23.5 Å². The summed E-state index contributed by atoms with van der Waals surface area (Å²) in [5, 5.41) is 0.200. The number of amides is 1. The zero-order valence-corrected chi connectivity index (χ0v) is 20.9. The van der Waals surface area contributed by atoms with Crippen molar-refractivity contribution in [3.8, 4) is 17.1 Å². The summed E-state index contributed by atoms with van der Waals surface area (Å²) in [6.45, 7) is 3.30. The summed E-state index contributed by atoms with van der Waals surface area (Å²) in [4.78, 5) is 52.5. The number of hydrogen-bond acceptors (Lipinski definition) is 7. The van der Waals surface area contributed by atoms with Crippen molar-refractivity contribution in [2.75, 3.05) is 33.3 Å². The van der Waals surface area contributed by atoms with Crippen LogP contribution in [0.2, 0.25) is 0 Å². The Hall–Kier alpha value is -3.53. The van der Waals surface area contributed by atoms with Gasteiger partial charge in [0.25, 0.3) is 5.56 Å². The van der Waals surface area contributed by atoms with E-state index in [2.05, 4.69) is 14.9 Å². The van der Waals surface area contributed by atoms with Gasteiger partial charge in [-0.15, -0.1) is 0 Å². The van der Waals surface area contributed by atoms with E-state index >= 15 is 0 Å². The Morgan fingerprint density at radius 2 is 1.72 bits per heavy atom. The fourth-order valence-corrected chi connectivity index (χ4v) is 5.30. The average Bonchev–Trinajstić information content (AvgIpc) is 2.94. The number of methoxy groups -OCH3 is 1. The van der Waals surface area contributed by atoms with Crippen LogP contribution in [0.15, 0.2) is 40.1 Å². The van der Waals surface area contributed by atoms with Gasteiger partial charge in [0.2, 0.25) is 5.91 Å². The number of carbonyl (C=O) groups is 1. The van der Waals surface area contributed by atoms with Crippen LogP contribution in [-0.2, 0) is 18.4 Å². The molecular formula is C26H32N6O4. The van der Waals surface area contributed by atoms with E-state index in [4.69, 9.17) is 4.74 Å². The molecule has 2 aliphatic heterocycles. The summed E-state index contributed by atoms with van der Waals surface area (Å²) in [7, 11) is 3.14. The second kappa shape index (κ2) is 10.2. The summed E-state index contributed by atoms with van der Waals surface area (Å²) in [5.41, 5.74) is -0.149. The maximum atomic E-state index is 13.2. The lowest BCUT2D eigenvalue weighted by Crippen LogP contribution is -2.50. The van der Waals surface area contributed by atoms with Crippen molar-refractivity contribution in [3.63, 3.8) is 0 Å². The van der Waals surface area contributed by atoms with Crippen LogP contribution in [0.25, 0.3) is 22.4 Å². The molecule has 10 heteroatoms. The van der Waals surface area contributed by atoms with E-state index in [1.807, 2.05) is 12.1 Å². The molecule has 0 saturated carbocycles. The highest BCUT2D eigenvalue weighted by Crippen LogP contribution is 2.22. The van der Waals surface area contributed by atoms with E-state index in [1.165, 1.54) is 30.0 Å². The smallest absolute Gasteiger partial charge is 0.332 e. The van der Waals surface area contributed by atoms with Crippen LogP contribution < -0.4 is 16.0 Å². The molecule has 2 saturated heterocycles. The van der Waals surface area contributed by atoms with Gasteiger partial charge in [0.05, 0.1) is 7.11 Å². The number of aryl methyl sites for hydroxylation is 1. The second-order valence-electron chi connectivity index (χ2n) is 9.60. The van der Waals surface area contributed by atoms with Gasteiger partial charge in [0, 0.05) is 37.9 Å². The maximum Gasteiger partial charge on any atom is 0.332 e. The minimum atomic E-state index is -0.566. The van der Waals surface area contributed by atoms with Crippen LogP contribution >= 0.6 is 0 Å². The summed E-state index contributed by atoms with van der Waals surface area (Å²) in [6, 6.07) is 7.73. The molecule has 0 N–H and O–H groups in total. The molecule has 0 bridgehead atoms. The lowest BCUT2D eigenvalue weighted by Gasteiger charge is -2.40. The number of likely N-dealkylation sites (tertiary alicyclic amines) is 2. The molecule has 0 spiro atoms. The van der Waals surface area contributed by atoms with Crippen LogP contribution in [0.1, 0.15) is 32.1 Å². The van der Waals surface area contributed by atoms with Gasteiger partial charge in [-0.1, -0.05) is 6.42 Å². The van der Waals surface area contributed by atoms with E-state index < -0.39 is 11.2 Å². The number of nitrogens with zero attached hydrogens (tertiary/aromatic N) is 6. The van der Waals surface area contributed by atoms with Crippen molar-refractivity contribution in [1.29, 1.82) is 0 Å². The van der Waals surface area contributed by atoms with Gasteiger partial charge in [0.15, 0.2) is 11.5 Å². The van der Waals surface area contributed by atoms with Gasteiger partial charge in [-0.05, 0) is 63.0 Å². The van der Waals surface area contributed by atoms with Gasteiger partial charge >= 0.3 is 5.69 Å². The predicted molar refractivity (Wildman–Crippen MR) is 136 cm³/mol. The minimum Gasteiger partial charge on any atom is -0.497 e. The van der Waals surface area contributed by atoms with Crippen LogP contribution in [0.5, 0.6) is 5.75 Å². The lowest BCUT2D eigenvalue weighted by atomic mass is 10.00. The van der Waals surface area contributed by atoms with E-state index in [0.717, 1.165) is 36.1 Å². The zero-order valence-electron chi connectivity index (χ0n) is 20.9. The summed E-state index contributed by atoms with van der Waals surface area (Å²) < 4.78 is 7.49. The molecule has 190 valence electrons. The molecule has 5 rings (SSSR count). The van der Waals surface area contributed by atoms with Gasteiger partial charge in [-0.3, -0.25) is 18.7 Å². The molecule has 0 radical (unpaired) electrons. The van der Waals surface area contributed by atoms with Crippen molar-refractivity contribution < 1.29 is 9.53 Å². The van der Waals surface area contributed by atoms with E-state index in [0.29, 0.717) is 30.7 Å². The molecule has 10 nitrogen and oxygen atoms in total. The first-order valence-electron chi connectivity index (χ1n) is 12.6. The number of carbonyl (C=O) groups excluding carboxylic acids is 1. The quantitative estimate of drug-likeness (QED) is 0.534. The number of piperidine rings is 2. The Labute approximate surface area is 209 Å². The Bertz CT molecular complexity index is 1370. The van der Waals surface area contributed by atoms with Crippen LogP contribution in [0, 0.1) is 0 Å². The zero-order chi connectivity index (χ0) is 25.2. The lowest BCUT2D eigenvalue weighted by molar-refractivity contribution is -0.133. The average molecular weight is 493 g/mol. The standard InChI is InChI=1S/C26H32N6O4/c1-29-24-21(16-27-23(28-24)18-6-8-20(36-2)9-7-18)25(34)32(26(29)35)17-22(33)31-14-10-19(11-15-31)30-12-4-3-5-13-30/h6-9,16,19H,3-5,10-15,17H2,1-2H3. The predicted octanol–water partition coefficient (Wildman–Crippen LogP) is 1.64. The summed E-state index contributed by atoms with van der Waals surface area (Å²) in [6.07, 6.45) is 7.08. The van der Waals surface area contributed by atoms with E-state index in [9.17, 15) is 14.4 Å². The van der Waals surface area contributed by atoms with E-state index in [1.54, 1.807) is 31.2 Å². The van der Waals surface area contributed by atoms with Crippen LogP contribution in [0.3, 0.4) is 0 Å². The fourth-order valence-electron chi connectivity index (χ4n) is 5.30. The summed E-state index contributed by atoms with van der Waals surface area (Å²) >= 11 is 0. The second-order valence-corrected chi connectivity index (χ2v) is 9.60. The first-order chi connectivity index (χ1) is 17.5. The van der Waals surface area contributed by atoms with Crippen molar-refractivity contribution >= 4 is 16.9 Å². The molecule has 3 aromatic rings. The fraction of sp³-hybridized carbons (Fsp3) is 0.500. The number of ether oxygens (including phenoxy) is 1. The number of aromatic nitrogens is 4. The van der Waals surface area contributed by atoms with Crippen molar-refractivity contribution in [3.05, 3.63) is 51.3 Å². The number of hydrogen-bond donors (Lipinski definition) is 0. The molecule has 2 aliphatic rings. The SMILES string of the molecule is COc1ccc(-c2ncc3c(=O)n(CC(=O)N4CCC(N5CCCCC5)CC4)c(=O)n(C)c3n2)cc1. The van der Waals surface area contributed by atoms with Gasteiger partial charge in [0.1, 0.15) is 17.7 Å². The number of benzene rings is 1. The monoisotopic (exact) mass is 492 g/mol. The molecule has 1 amide bonds. The maximum absolute atomic E-state index is 13.2. The third-order valence-electron chi connectivity index (χ3n) is 7.45. The van der Waals surface area contributed by atoms with Crippen molar-refractivity contribution in [2.45, 2.75) is 44.7 Å². The highest BCUT2D eigenvalue weighted by molar-refractivity contribution is 5.78. The first kappa shape index (κ1) is 24.2. The van der Waals surface area contributed by atoms with Gasteiger partial charge < -0.3 is 14.5 Å². The molecule has 36 heavy (non-hydrogen) atoms. The molecule has 0 aliphatic carbocycles. The number of rotatable bonds is 5. The molecular weight excluding hydrogens is 460 g/mol. The minimum absolute atomic E-state index is 0.200. The highest BCUT2D eigenvalue weighted by Gasteiger charge is 2.28. The Kier molecular flexibility index (Phi) is 6.86. The van der Waals surface area contributed by atoms with Crippen molar-refractivity contribution in [2.24, 2.45) is 7.05 Å². The van der Waals surface area contributed by atoms with Crippen LogP contribution in [0.4, 0.5) is 0 Å². The Balaban J connectivity index is 1.35. The summed E-state index contributed by atoms with van der Waals surface area (Å²) in [5.74, 6) is 0.890. The van der Waals surface area contributed by atoms with Gasteiger partial charge in [-0.25, -0.2) is 14.8 Å². The Morgan fingerprint density at radius 3 is 2.39 bits per heavy atom.